The lowest BCUT2D eigenvalue weighted by Crippen LogP contribution is -2.27. The maximum atomic E-state index is 13.7. The highest BCUT2D eigenvalue weighted by Gasteiger charge is 2.18. The molecule has 0 aliphatic rings. The highest BCUT2D eigenvalue weighted by atomic mass is 16.5. The van der Waals surface area contributed by atoms with Crippen LogP contribution in [0.1, 0.15) is 29.8 Å². The van der Waals surface area contributed by atoms with Crippen molar-refractivity contribution in [1.82, 2.24) is 4.90 Å². The monoisotopic (exact) mass is 439 g/mol. The number of benzene rings is 4. The number of aromatic hydroxyl groups is 1. The van der Waals surface area contributed by atoms with Gasteiger partial charge >= 0.3 is 0 Å². The Kier molecular flexibility index (Phi) is 7.06. The molecule has 0 atom stereocenters. The molecule has 1 N–H and O–H groups in total. The summed E-state index contributed by atoms with van der Waals surface area (Å²) in [6, 6.07) is 26.3. The van der Waals surface area contributed by atoms with E-state index in [1.165, 1.54) is 0 Å². The Bertz CT molecular complexity index is 1230. The average Bonchev–Trinajstić information content (AvgIpc) is 2.86. The van der Waals surface area contributed by atoms with Gasteiger partial charge in [-0.1, -0.05) is 62.4 Å². The smallest absolute Gasteiger partial charge is 0.194 e. The zero-order valence-corrected chi connectivity index (χ0v) is 19.1. The summed E-state index contributed by atoms with van der Waals surface area (Å²) in [6.07, 6.45) is 0. The number of hydrogen-bond donors (Lipinski definition) is 1. The fourth-order valence-corrected chi connectivity index (χ4v) is 4.08. The van der Waals surface area contributed by atoms with Gasteiger partial charge in [0.05, 0.1) is 0 Å². The summed E-state index contributed by atoms with van der Waals surface area (Å²) < 4.78 is 5.88. The minimum atomic E-state index is -0.0374. The molecule has 0 saturated carbocycles. The van der Waals surface area contributed by atoms with Gasteiger partial charge in [-0.2, -0.15) is 0 Å². The number of phenols is 1. The van der Waals surface area contributed by atoms with Crippen molar-refractivity contribution in [3.05, 3.63) is 96.1 Å². The van der Waals surface area contributed by atoms with Crippen molar-refractivity contribution in [2.75, 3.05) is 26.2 Å². The maximum Gasteiger partial charge on any atom is 0.194 e. The third-order valence-electron chi connectivity index (χ3n) is 6.02. The number of likely N-dealkylation sites (N-methyl/N-ethyl adjacent to an activating group) is 1. The first kappa shape index (κ1) is 22.6. The molecule has 168 valence electrons. The van der Waals surface area contributed by atoms with E-state index in [1.807, 2.05) is 72.8 Å². The average molecular weight is 440 g/mol. The van der Waals surface area contributed by atoms with Crippen molar-refractivity contribution in [3.63, 3.8) is 0 Å². The topological polar surface area (TPSA) is 49.8 Å². The van der Waals surface area contributed by atoms with Crippen LogP contribution in [0.25, 0.3) is 21.9 Å². The minimum absolute atomic E-state index is 0.0374. The Labute approximate surface area is 195 Å². The maximum absolute atomic E-state index is 13.7. The molecule has 4 heteroatoms. The fraction of sp³-hybridized carbons (Fsp3) is 0.207. The standard InChI is InChI=1S/C29H29NO3/c1-3-30(4-2)19-20-33-25-16-11-23(12-17-25)29(32)28-26-8-6-5-7-21(26)13-18-27(28)22-9-14-24(31)15-10-22/h5-18,31H,3-4,19-20H2,1-2H3. The van der Waals surface area contributed by atoms with Crippen LogP contribution in [0.2, 0.25) is 0 Å². The lowest BCUT2D eigenvalue weighted by molar-refractivity contribution is 0.104. The van der Waals surface area contributed by atoms with E-state index in [4.69, 9.17) is 4.74 Å². The molecule has 4 rings (SSSR count). The molecule has 0 fully saturated rings. The zero-order chi connectivity index (χ0) is 23.2. The molecular weight excluding hydrogens is 410 g/mol. The summed E-state index contributed by atoms with van der Waals surface area (Å²) in [4.78, 5) is 16.0. The van der Waals surface area contributed by atoms with Crippen LogP contribution < -0.4 is 4.74 Å². The number of phenolic OH excluding ortho intramolecular Hbond substituents is 1. The second kappa shape index (κ2) is 10.3. The molecule has 0 radical (unpaired) electrons. The molecule has 33 heavy (non-hydrogen) atoms. The molecule has 4 aromatic carbocycles. The van der Waals surface area contributed by atoms with Crippen molar-refractivity contribution in [3.8, 4) is 22.6 Å². The van der Waals surface area contributed by atoms with Crippen LogP contribution in [-0.4, -0.2) is 42.0 Å². The van der Waals surface area contributed by atoms with Crippen LogP contribution >= 0.6 is 0 Å². The molecule has 0 saturated heterocycles. The summed E-state index contributed by atoms with van der Waals surface area (Å²) in [5.41, 5.74) is 3.01. The summed E-state index contributed by atoms with van der Waals surface area (Å²) in [5, 5.41) is 11.6. The van der Waals surface area contributed by atoms with Crippen LogP contribution in [0.15, 0.2) is 84.9 Å². The Morgan fingerprint density at radius 3 is 2.24 bits per heavy atom. The van der Waals surface area contributed by atoms with Gasteiger partial charge in [-0.25, -0.2) is 0 Å². The summed E-state index contributed by atoms with van der Waals surface area (Å²) in [7, 11) is 0. The lowest BCUT2D eigenvalue weighted by atomic mass is 9.89. The van der Waals surface area contributed by atoms with Crippen LogP contribution in [-0.2, 0) is 0 Å². The summed E-state index contributed by atoms with van der Waals surface area (Å²) >= 11 is 0. The number of carbonyl (C=O) groups is 1. The minimum Gasteiger partial charge on any atom is -0.508 e. The second-order valence-electron chi connectivity index (χ2n) is 7.98. The van der Waals surface area contributed by atoms with Crippen molar-refractivity contribution in [1.29, 1.82) is 0 Å². The predicted octanol–water partition coefficient (Wildman–Crippen LogP) is 6.16. The highest BCUT2D eigenvalue weighted by molar-refractivity contribution is 6.20. The van der Waals surface area contributed by atoms with E-state index >= 15 is 0 Å². The van der Waals surface area contributed by atoms with Crippen molar-refractivity contribution in [2.24, 2.45) is 0 Å². The van der Waals surface area contributed by atoms with Crippen molar-refractivity contribution >= 4 is 16.6 Å². The molecule has 0 aliphatic heterocycles. The quantitative estimate of drug-likeness (QED) is 0.317. The SMILES string of the molecule is CCN(CC)CCOc1ccc(C(=O)c2c(-c3ccc(O)cc3)ccc3ccccc23)cc1. The van der Waals surface area contributed by atoms with E-state index in [0.717, 1.165) is 47.3 Å². The first-order chi connectivity index (χ1) is 16.1. The number of ketones is 1. The molecule has 0 heterocycles. The number of fused-ring (bicyclic) bond motifs is 1. The van der Waals surface area contributed by atoms with Crippen LogP contribution in [0.3, 0.4) is 0 Å². The molecular formula is C29H29NO3. The molecule has 0 bridgehead atoms. The Balaban J connectivity index is 1.65. The van der Waals surface area contributed by atoms with Crippen molar-refractivity contribution < 1.29 is 14.6 Å². The number of carbonyl (C=O) groups excluding carboxylic acids is 1. The van der Waals surface area contributed by atoms with Gasteiger partial charge in [0.1, 0.15) is 18.1 Å². The summed E-state index contributed by atoms with van der Waals surface area (Å²) in [6.45, 7) is 7.78. The van der Waals surface area contributed by atoms with Gasteiger partial charge in [0, 0.05) is 17.7 Å². The van der Waals surface area contributed by atoms with E-state index in [-0.39, 0.29) is 11.5 Å². The molecule has 4 nitrogen and oxygen atoms in total. The largest absolute Gasteiger partial charge is 0.508 e. The third-order valence-corrected chi connectivity index (χ3v) is 6.02. The second-order valence-corrected chi connectivity index (χ2v) is 7.98. The Hall–Kier alpha value is -3.63. The van der Waals surface area contributed by atoms with E-state index in [9.17, 15) is 9.90 Å². The first-order valence-electron chi connectivity index (χ1n) is 11.4. The van der Waals surface area contributed by atoms with Crippen molar-refractivity contribution in [2.45, 2.75) is 13.8 Å². The Morgan fingerprint density at radius 2 is 1.55 bits per heavy atom. The van der Waals surface area contributed by atoms with Gasteiger partial charge in [-0.05, 0) is 71.4 Å². The summed E-state index contributed by atoms with van der Waals surface area (Å²) in [5.74, 6) is 0.920. The van der Waals surface area contributed by atoms with Gasteiger partial charge < -0.3 is 14.7 Å². The fourth-order valence-electron chi connectivity index (χ4n) is 4.08. The first-order valence-corrected chi connectivity index (χ1v) is 11.4. The van der Waals surface area contributed by atoms with Gasteiger partial charge in [0.15, 0.2) is 5.78 Å². The molecule has 0 spiro atoms. The van der Waals surface area contributed by atoms with Crippen LogP contribution in [0.4, 0.5) is 0 Å². The molecule has 0 amide bonds. The number of rotatable bonds is 9. The van der Waals surface area contributed by atoms with Gasteiger partial charge in [-0.15, -0.1) is 0 Å². The lowest BCUT2D eigenvalue weighted by Gasteiger charge is -2.18. The van der Waals surface area contributed by atoms with Gasteiger partial charge in [-0.3, -0.25) is 4.79 Å². The molecule has 0 aliphatic carbocycles. The molecule has 4 aromatic rings. The predicted molar refractivity (Wildman–Crippen MR) is 134 cm³/mol. The number of nitrogens with zero attached hydrogens (tertiary/aromatic N) is 1. The van der Waals surface area contributed by atoms with Crippen LogP contribution in [0.5, 0.6) is 11.5 Å². The molecule has 0 unspecified atom stereocenters. The van der Waals surface area contributed by atoms with E-state index in [1.54, 1.807) is 12.1 Å². The highest BCUT2D eigenvalue weighted by Crippen LogP contribution is 2.33. The van der Waals surface area contributed by atoms with Gasteiger partial charge in [0.2, 0.25) is 0 Å². The van der Waals surface area contributed by atoms with E-state index in [2.05, 4.69) is 18.7 Å². The van der Waals surface area contributed by atoms with Gasteiger partial charge in [0.25, 0.3) is 0 Å². The van der Waals surface area contributed by atoms with E-state index in [0.29, 0.717) is 17.7 Å². The third kappa shape index (κ3) is 5.07. The Morgan fingerprint density at radius 1 is 0.848 bits per heavy atom. The molecule has 0 aromatic heterocycles. The van der Waals surface area contributed by atoms with E-state index < -0.39 is 0 Å². The number of ether oxygens (including phenoxy) is 1. The normalized spacial score (nSPS) is 11.1. The zero-order valence-electron chi connectivity index (χ0n) is 19.1. The number of hydrogen-bond acceptors (Lipinski definition) is 4. The van der Waals surface area contributed by atoms with Crippen LogP contribution in [0, 0.1) is 0 Å².